The van der Waals surface area contributed by atoms with Crippen molar-refractivity contribution in [2.45, 2.75) is 18.6 Å². The Morgan fingerprint density at radius 1 is 1.45 bits per heavy atom. The predicted octanol–water partition coefficient (Wildman–Crippen LogP) is 1.48. The average Bonchev–Trinajstić information content (AvgIpc) is 2.75. The molecular formula is C12H12FIN2O4. The van der Waals surface area contributed by atoms with E-state index in [9.17, 15) is 19.1 Å². The van der Waals surface area contributed by atoms with Gasteiger partial charge in [0.2, 0.25) is 0 Å². The van der Waals surface area contributed by atoms with E-state index in [1.165, 1.54) is 18.2 Å². The zero-order chi connectivity index (χ0) is 14.9. The number of aliphatic hydroxyl groups is 1. The predicted molar refractivity (Wildman–Crippen MR) is 76.9 cm³/mol. The molecule has 1 aliphatic rings. The van der Waals surface area contributed by atoms with E-state index in [4.69, 9.17) is 5.11 Å². The number of hydrogen-bond donors (Lipinski definition) is 3. The van der Waals surface area contributed by atoms with Crippen LogP contribution in [0.4, 0.5) is 14.9 Å². The highest BCUT2D eigenvalue weighted by Gasteiger charge is 2.39. The van der Waals surface area contributed by atoms with Gasteiger partial charge in [-0.25, -0.2) is 14.0 Å². The molecule has 1 saturated heterocycles. The lowest BCUT2D eigenvalue weighted by Crippen LogP contribution is -2.43. The third-order valence-corrected chi connectivity index (χ3v) is 3.89. The number of nitrogens with one attached hydrogen (secondary N) is 1. The normalized spacial score (nSPS) is 21.9. The van der Waals surface area contributed by atoms with Crippen LogP contribution in [0.1, 0.15) is 6.42 Å². The van der Waals surface area contributed by atoms with Gasteiger partial charge in [0.05, 0.1) is 11.8 Å². The summed E-state index contributed by atoms with van der Waals surface area (Å²) in [6.07, 6.45) is -0.849. The molecule has 3 N–H and O–H groups in total. The number of anilines is 1. The fraction of sp³-hybridized carbons (Fsp3) is 0.333. The third-order valence-electron chi connectivity index (χ3n) is 3.00. The topological polar surface area (TPSA) is 89.9 Å². The van der Waals surface area contributed by atoms with Crippen LogP contribution < -0.4 is 5.32 Å². The molecule has 0 radical (unpaired) electrons. The van der Waals surface area contributed by atoms with Gasteiger partial charge in [-0.05, 0) is 40.8 Å². The van der Waals surface area contributed by atoms with Gasteiger partial charge in [-0.1, -0.05) is 0 Å². The molecule has 2 unspecified atom stereocenters. The van der Waals surface area contributed by atoms with Crippen molar-refractivity contribution < 1.29 is 24.2 Å². The molecule has 1 fully saturated rings. The molecule has 0 spiro atoms. The largest absolute Gasteiger partial charge is 0.480 e. The molecule has 0 saturated carbocycles. The summed E-state index contributed by atoms with van der Waals surface area (Å²) in [5.41, 5.74) is 0.391. The first kappa shape index (κ1) is 15.0. The number of carboxylic acids is 1. The lowest BCUT2D eigenvalue weighted by atomic mass is 10.2. The first-order chi connectivity index (χ1) is 9.38. The summed E-state index contributed by atoms with van der Waals surface area (Å²) in [4.78, 5) is 24.2. The van der Waals surface area contributed by atoms with Gasteiger partial charge in [-0.15, -0.1) is 0 Å². The van der Waals surface area contributed by atoms with Gasteiger partial charge in [0.15, 0.2) is 0 Å². The number of β-amino-alcohol motifs (C(OH)–C–C–N with tert-alkyl or cyclic N) is 1. The lowest BCUT2D eigenvalue weighted by Gasteiger charge is -2.21. The van der Waals surface area contributed by atoms with Crippen molar-refractivity contribution in [2.24, 2.45) is 0 Å². The summed E-state index contributed by atoms with van der Waals surface area (Å²) in [5, 5.41) is 21.0. The fourth-order valence-electron chi connectivity index (χ4n) is 2.05. The molecule has 0 bridgehead atoms. The molecule has 0 aromatic heterocycles. The number of aliphatic hydroxyl groups excluding tert-OH is 1. The van der Waals surface area contributed by atoms with E-state index in [1.54, 1.807) is 0 Å². The van der Waals surface area contributed by atoms with Gasteiger partial charge in [-0.2, -0.15) is 0 Å². The van der Waals surface area contributed by atoms with Crippen molar-refractivity contribution in [3.05, 3.63) is 27.6 Å². The van der Waals surface area contributed by atoms with Gasteiger partial charge in [0.1, 0.15) is 11.9 Å². The first-order valence-electron chi connectivity index (χ1n) is 5.82. The Hall–Kier alpha value is -1.42. The minimum Gasteiger partial charge on any atom is -0.480 e. The van der Waals surface area contributed by atoms with Crippen molar-refractivity contribution in [3.63, 3.8) is 0 Å². The maximum atomic E-state index is 13.0. The number of carbonyl (C=O) groups is 2. The molecule has 1 aliphatic heterocycles. The smallest absolute Gasteiger partial charge is 0.326 e. The van der Waals surface area contributed by atoms with Crippen LogP contribution in [0.3, 0.4) is 0 Å². The van der Waals surface area contributed by atoms with Crippen LogP contribution in [0.2, 0.25) is 0 Å². The fourth-order valence-corrected chi connectivity index (χ4v) is 2.66. The van der Waals surface area contributed by atoms with Crippen molar-refractivity contribution in [2.75, 3.05) is 11.9 Å². The van der Waals surface area contributed by atoms with E-state index in [-0.39, 0.29) is 13.0 Å². The van der Waals surface area contributed by atoms with E-state index >= 15 is 0 Å². The molecule has 2 atom stereocenters. The Kier molecular flexibility index (Phi) is 4.43. The van der Waals surface area contributed by atoms with Gasteiger partial charge < -0.3 is 20.4 Å². The van der Waals surface area contributed by atoms with E-state index in [0.717, 1.165) is 4.90 Å². The van der Waals surface area contributed by atoms with Crippen LogP contribution in [0.15, 0.2) is 18.2 Å². The van der Waals surface area contributed by atoms with E-state index in [0.29, 0.717) is 9.26 Å². The van der Waals surface area contributed by atoms with Crippen LogP contribution in [-0.4, -0.2) is 45.8 Å². The molecule has 0 aliphatic carbocycles. The summed E-state index contributed by atoms with van der Waals surface area (Å²) >= 11 is 1.87. The molecule has 8 heteroatoms. The highest BCUT2D eigenvalue weighted by molar-refractivity contribution is 14.1. The average molecular weight is 394 g/mol. The molecule has 20 heavy (non-hydrogen) atoms. The van der Waals surface area contributed by atoms with Crippen LogP contribution in [-0.2, 0) is 4.79 Å². The Morgan fingerprint density at radius 2 is 2.15 bits per heavy atom. The van der Waals surface area contributed by atoms with Crippen LogP contribution >= 0.6 is 22.6 Å². The Labute approximate surface area is 127 Å². The number of amides is 2. The molecule has 1 aromatic rings. The standard InChI is InChI=1S/C12H12FIN2O4/c13-6-1-2-9(8(14)3-6)15-12(20)16-5-7(17)4-10(16)11(18)19/h1-3,7,10,17H,4-5H2,(H,15,20)(H,18,19). The minimum atomic E-state index is -1.16. The highest BCUT2D eigenvalue weighted by atomic mass is 127. The molecule has 2 amide bonds. The lowest BCUT2D eigenvalue weighted by molar-refractivity contribution is -0.141. The number of urea groups is 1. The summed E-state index contributed by atoms with van der Waals surface area (Å²) in [7, 11) is 0. The second-order valence-corrected chi connectivity index (χ2v) is 5.61. The Morgan fingerprint density at radius 3 is 2.75 bits per heavy atom. The van der Waals surface area contributed by atoms with Crippen LogP contribution in [0, 0.1) is 9.39 Å². The second kappa shape index (κ2) is 5.92. The third kappa shape index (κ3) is 3.18. The first-order valence-corrected chi connectivity index (χ1v) is 6.90. The van der Waals surface area contributed by atoms with E-state index in [1.807, 2.05) is 22.6 Å². The van der Waals surface area contributed by atoms with Crippen LogP contribution in [0.5, 0.6) is 0 Å². The van der Waals surface area contributed by atoms with E-state index < -0.39 is 30.0 Å². The van der Waals surface area contributed by atoms with Crippen molar-refractivity contribution in [3.8, 4) is 0 Å². The molecular weight excluding hydrogens is 382 g/mol. The quantitative estimate of drug-likeness (QED) is 0.664. The molecule has 2 rings (SSSR count). The van der Waals surface area contributed by atoms with Gasteiger partial charge >= 0.3 is 12.0 Å². The number of aliphatic carboxylic acids is 1. The number of hydrogen-bond acceptors (Lipinski definition) is 3. The van der Waals surface area contributed by atoms with E-state index in [2.05, 4.69) is 5.32 Å². The van der Waals surface area contributed by atoms with Gasteiger partial charge in [0.25, 0.3) is 0 Å². The summed E-state index contributed by atoms with van der Waals surface area (Å²) in [6, 6.07) is 2.17. The minimum absolute atomic E-state index is 0.00324. The number of carbonyl (C=O) groups excluding carboxylic acids is 1. The molecule has 1 aromatic carbocycles. The summed E-state index contributed by atoms with van der Waals surface area (Å²) in [5.74, 6) is -1.59. The van der Waals surface area contributed by atoms with Crippen molar-refractivity contribution >= 4 is 40.3 Å². The SMILES string of the molecule is O=C(O)C1CC(O)CN1C(=O)Nc1ccc(F)cc1I. The number of carboxylic acid groups (broad SMARTS) is 1. The van der Waals surface area contributed by atoms with Crippen molar-refractivity contribution in [1.82, 2.24) is 4.90 Å². The summed E-state index contributed by atoms with van der Waals surface area (Å²) < 4.78 is 13.5. The number of nitrogens with zero attached hydrogens (tertiary/aromatic N) is 1. The maximum absolute atomic E-state index is 13.0. The maximum Gasteiger partial charge on any atom is 0.326 e. The zero-order valence-electron chi connectivity index (χ0n) is 10.2. The molecule has 108 valence electrons. The molecule has 1 heterocycles. The van der Waals surface area contributed by atoms with Gasteiger partial charge in [0, 0.05) is 16.5 Å². The number of likely N-dealkylation sites (tertiary alicyclic amines) is 1. The molecule has 6 nitrogen and oxygen atoms in total. The van der Waals surface area contributed by atoms with Crippen molar-refractivity contribution in [1.29, 1.82) is 0 Å². The number of benzene rings is 1. The van der Waals surface area contributed by atoms with Gasteiger partial charge in [-0.3, -0.25) is 0 Å². The Balaban J connectivity index is 2.13. The highest BCUT2D eigenvalue weighted by Crippen LogP contribution is 2.22. The van der Waals surface area contributed by atoms with Crippen LogP contribution in [0.25, 0.3) is 0 Å². The monoisotopic (exact) mass is 394 g/mol. The zero-order valence-corrected chi connectivity index (χ0v) is 12.4. The summed E-state index contributed by atoms with van der Waals surface area (Å²) in [6.45, 7) is -0.0411. The Bertz CT molecular complexity index is 554. The number of halogens is 2. The number of rotatable bonds is 2. The second-order valence-electron chi connectivity index (χ2n) is 4.45.